The van der Waals surface area contributed by atoms with Crippen molar-refractivity contribution < 1.29 is 0 Å². The van der Waals surface area contributed by atoms with Crippen LogP contribution in [0.1, 0.15) is 47.9 Å². The summed E-state index contributed by atoms with van der Waals surface area (Å²) in [6.45, 7) is 6.56. The highest BCUT2D eigenvalue weighted by molar-refractivity contribution is 14.0. The van der Waals surface area contributed by atoms with Gasteiger partial charge in [-0.15, -0.1) is 34.2 Å². The summed E-state index contributed by atoms with van der Waals surface area (Å²) in [5, 5.41) is 20.3. The number of hydrogen-bond donors (Lipinski definition) is 2. The predicted octanol–water partition coefficient (Wildman–Crippen LogP) is 3.33. The molecular formula is C23H33IN8. The van der Waals surface area contributed by atoms with Crippen LogP contribution in [-0.2, 0) is 25.9 Å². The number of para-hydroxylation sites is 1. The van der Waals surface area contributed by atoms with E-state index in [1.807, 2.05) is 17.7 Å². The Balaban J connectivity index is 0.00000289. The van der Waals surface area contributed by atoms with Crippen molar-refractivity contribution in [1.29, 1.82) is 0 Å². The summed E-state index contributed by atoms with van der Waals surface area (Å²) in [7, 11) is 1.80. The molecule has 0 amide bonds. The molecule has 0 saturated heterocycles. The van der Waals surface area contributed by atoms with E-state index in [4.69, 9.17) is 0 Å². The minimum atomic E-state index is 0. The van der Waals surface area contributed by atoms with Crippen LogP contribution < -0.4 is 10.6 Å². The average molecular weight is 548 g/mol. The summed E-state index contributed by atoms with van der Waals surface area (Å²) in [4.78, 5) is 4.38. The molecule has 2 aromatic heterocycles. The normalized spacial score (nSPS) is 13.8. The smallest absolute Gasteiger partial charge is 0.191 e. The zero-order valence-electron chi connectivity index (χ0n) is 19.1. The molecule has 3 heterocycles. The highest BCUT2D eigenvalue weighted by Crippen LogP contribution is 2.17. The van der Waals surface area contributed by atoms with Crippen molar-refractivity contribution in [2.75, 3.05) is 13.6 Å². The minimum absolute atomic E-state index is 0. The number of hydrogen-bond acceptors (Lipinski definition) is 4. The number of aliphatic imine (C=N–C) groups is 1. The third-order valence-electron chi connectivity index (χ3n) is 5.73. The Morgan fingerprint density at radius 2 is 1.94 bits per heavy atom. The van der Waals surface area contributed by atoms with Crippen LogP contribution in [0.25, 0.3) is 5.69 Å². The summed E-state index contributed by atoms with van der Waals surface area (Å²) < 4.78 is 4.30. The van der Waals surface area contributed by atoms with E-state index >= 15 is 0 Å². The molecule has 0 atom stereocenters. The molecule has 3 aromatic rings. The molecule has 0 radical (unpaired) electrons. The molecule has 4 rings (SSSR count). The summed E-state index contributed by atoms with van der Waals surface area (Å²) >= 11 is 0. The number of aryl methyl sites for hydroxylation is 3. The van der Waals surface area contributed by atoms with Gasteiger partial charge in [0.1, 0.15) is 11.6 Å². The zero-order valence-corrected chi connectivity index (χ0v) is 21.5. The van der Waals surface area contributed by atoms with Crippen molar-refractivity contribution in [2.24, 2.45) is 4.99 Å². The monoisotopic (exact) mass is 548 g/mol. The fourth-order valence-corrected chi connectivity index (χ4v) is 4.16. The van der Waals surface area contributed by atoms with Gasteiger partial charge in [0.05, 0.1) is 11.4 Å². The van der Waals surface area contributed by atoms with Crippen molar-refractivity contribution in [3.05, 3.63) is 58.9 Å². The van der Waals surface area contributed by atoms with Crippen molar-refractivity contribution >= 4 is 29.9 Å². The van der Waals surface area contributed by atoms with E-state index in [9.17, 15) is 0 Å². The number of aromatic nitrogens is 5. The minimum Gasteiger partial charge on any atom is -0.356 e. The Hall–Kier alpha value is -2.43. The van der Waals surface area contributed by atoms with Crippen LogP contribution in [0.4, 0.5) is 0 Å². The Kier molecular flexibility index (Phi) is 8.66. The SMILES string of the molecule is CN=C(NCCc1nnc2n1CCCCC2)NCc1ccccc1-n1nc(C)cc1C.I. The highest BCUT2D eigenvalue weighted by atomic mass is 127. The first-order valence-electron chi connectivity index (χ1n) is 11.1. The van der Waals surface area contributed by atoms with Crippen LogP contribution in [0.15, 0.2) is 35.3 Å². The fraction of sp³-hybridized carbons (Fsp3) is 0.478. The maximum Gasteiger partial charge on any atom is 0.191 e. The molecule has 0 fully saturated rings. The number of rotatable bonds is 6. The molecule has 32 heavy (non-hydrogen) atoms. The van der Waals surface area contributed by atoms with E-state index in [1.54, 1.807) is 7.05 Å². The van der Waals surface area contributed by atoms with Gasteiger partial charge in [-0.2, -0.15) is 5.10 Å². The van der Waals surface area contributed by atoms with Gasteiger partial charge < -0.3 is 15.2 Å². The predicted molar refractivity (Wildman–Crippen MR) is 138 cm³/mol. The molecule has 0 aliphatic carbocycles. The lowest BCUT2D eigenvalue weighted by Crippen LogP contribution is -2.38. The summed E-state index contributed by atoms with van der Waals surface area (Å²) in [6.07, 6.45) is 5.57. The van der Waals surface area contributed by atoms with Crippen molar-refractivity contribution in [2.45, 2.75) is 59.0 Å². The maximum atomic E-state index is 4.64. The molecule has 8 nitrogen and oxygen atoms in total. The second kappa shape index (κ2) is 11.4. The number of guanidine groups is 1. The molecule has 1 aromatic carbocycles. The molecule has 0 bridgehead atoms. The number of nitrogens with one attached hydrogen (secondary N) is 2. The third-order valence-corrected chi connectivity index (χ3v) is 5.73. The highest BCUT2D eigenvalue weighted by Gasteiger charge is 2.14. The summed E-state index contributed by atoms with van der Waals surface area (Å²) in [6, 6.07) is 10.4. The molecular weight excluding hydrogens is 515 g/mol. The lowest BCUT2D eigenvalue weighted by Gasteiger charge is -2.15. The lowest BCUT2D eigenvalue weighted by molar-refractivity contribution is 0.600. The summed E-state index contributed by atoms with van der Waals surface area (Å²) in [5.74, 6) is 2.98. The zero-order chi connectivity index (χ0) is 21.6. The maximum absolute atomic E-state index is 4.64. The van der Waals surface area contributed by atoms with Crippen molar-refractivity contribution in [1.82, 2.24) is 35.2 Å². The average Bonchev–Trinajstić information content (AvgIpc) is 3.22. The summed E-state index contributed by atoms with van der Waals surface area (Å²) in [5.41, 5.74) is 4.39. The number of fused-ring (bicyclic) bond motifs is 1. The van der Waals surface area contributed by atoms with Crippen LogP contribution in [0.2, 0.25) is 0 Å². The van der Waals surface area contributed by atoms with E-state index in [0.717, 1.165) is 60.6 Å². The molecule has 0 unspecified atom stereocenters. The van der Waals surface area contributed by atoms with Crippen LogP contribution in [0, 0.1) is 13.8 Å². The number of benzene rings is 1. The van der Waals surface area contributed by atoms with E-state index in [0.29, 0.717) is 6.54 Å². The second-order valence-corrected chi connectivity index (χ2v) is 8.06. The number of halogens is 1. The second-order valence-electron chi connectivity index (χ2n) is 8.06. The topological polar surface area (TPSA) is 85.0 Å². The molecule has 0 spiro atoms. The molecule has 172 valence electrons. The number of nitrogens with zero attached hydrogens (tertiary/aromatic N) is 6. The van der Waals surface area contributed by atoms with Crippen LogP contribution in [-0.4, -0.2) is 44.1 Å². The van der Waals surface area contributed by atoms with Gasteiger partial charge in [-0.1, -0.05) is 24.6 Å². The van der Waals surface area contributed by atoms with E-state index < -0.39 is 0 Å². The van der Waals surface area contributed by atoms with Crippen LogP contribution in [0.5, 0.6) is 0 Å². The van der Waals surface area contributed by atoms with E-state index in [2.05, 4.69) is 66.7 Å². The van der Waals surface area contributed by atoms with E-state index in [-0.39, 0.29) is 24.0 Å². The van der Waals surface area contributed by atoms with Crippen molar-refractivity contribution in [3.63, 3.8) is 0 Å². The Labute approximate surface area is 206 Å². The molecule has 1 aliphatic heterocycles. The van der Waals surface area contributed by atoms with E-state index in [1.165, 1.54) is 24.8 Å². The first-order chi connectivity index (χ1) is 15.2. The fourth-order valence-electron chi connectivity index (χ4n) is 4.16. The van der Waals surface area contributed by atoms with Gasteiger partial charge >= 0.3 is 0 Å². The van der Waals surface area contributed by atoms with Gasteiger partial charge in [-0.25, -0.2) is 4.68 Å². The molecule has 0 saturated carbocycles. The molecule has 1 aliphatic rings. The Morgan fingerprint density at radius 1 is 1.09 bits per heavy atom. The Morgan fingerprint density at radius 3 is 2.72 bits per heavy atom. The van der Waals surface area contributed by atoms with Gasteiger partial charge in [-0.05, 0) is 44.4 Å². The first kappa shape index (κ1) is 24.2. The Bertz CT molecular complexity index is 1050. The van der Waals surface area contributed by atoms with Crippen LogP contribution >= 0.6 is 24.0 Å². The standard InChI is InChI=1S/C23H32N8.HI/c1-17-15-18(2)31(29-17)20-10-7-6-9-19(20)16-26-23(24-3)25-13-12-22-28-27-21-11-5-4-8-14-30(21)22;/h6-7,9-10,15H,4-5,8,11-14,16H2,1-3H3,(H2,24,25,26);1H. The quantitative estimate of drug-likeness (QED) is 0.281. The van der Waals surface area contributed by atoms with Gasteiger partial charge in [0.25, 0.3) is 0 Å². The first-order valence-corrected chi connectivity index (χ1v) is 11.1. The van der Waals surface area contributed by atoms with Crippen molar-refractivity contribution in [3.8, 4) is 5.69 Å². The van der Waals surface area contributed by atoms with Gasteiger partial charge in [0.2, 0.25) is 0 Å². The molecule has 2 N–H and O–H groups in total. The van der Waals surface area contributed by atoms with Gasteiger partial charge in [0.15, 0.2) is 5.96 Å². The largest absolute Gasteiger partial charge is 0.356 e. The van der Waals surface area contributed by atoms with Gasteiger partial charge in [-0.3, -0.25) is 4.99 Å². The molecule has 9 heteroatoms. The lowest BCUT2D eigenvalue weighted by atomic mass is 10.1. The third kappa shape index (κ3) is 5.67. The van der Waals surface area contributed by atoms with Gasteiger partial charge in [0, 0.05) is 45.2 Å². The van der Waals surface area contributed by atoms with Crippen LogP contribution in [0.3, 0.4) is 0 Å².